The lowest BCUT2D eigenvalue weighted by molar-refractivity contribution is -0.130. The largest absolute Gasteiger partial charge is 0.459 e. The maximum Gasteiger partial charge on any atom is 0.228 e. The number of aryl methyl sites for hydroxylation is 1. The standard InChI is InChI=1S/C17H21N3O2S/c1-11-2-5-15(22-11)17-19-14(10-23-17)8-16(21)20-7-6-12-3-4-13(9-20)18-12/h2,5,10,12-13,18H,3-4,6-9H2,1H3. The zero-order valence-corrected chi connectivity index (χ0v) is 14.1. The number of amides is 1. The SMILES string of the molecule is Cc1ccc(-c2nc(CC(=O)N3CCC4CCC(C3)N4)cs2)o1. The van der Waals surface area contributed by atoms with Crippen LogP contribution in [0.4, 0.5) is 0 Å². The molecule has 2 bridgehead atoms. The summed E-state index contributed by atoms with van der Waals surface area (Å²) in [5.74, 6) is 1.84. The highest BCUT2D eigenvalue weighted by molar-refractivity contribution is 7.13. The molecule has 23 heavy (non-hydrogen) atoms. The first-order chi connectivity index (χ1) is 11.2. The topological polar surface area (TPSA) is 58.4 Å². The van der Waals surface area contributed by atoms with Crippen LogP contribution in [0.3, 0.4) is 0 Å². The molecular formula is C17H21N3O2S. The molecule has 5 nitrogen and oxygen atoms in total. The maximum atomic E-state index is 12.6. The van der Waals surface area contributed by atoms with Crippen molar-refractivity contribution in [1.29, 1.82) is 0 Å². The molecule has 2 aliphatic rings. The van der Waals surface area contributed by atoms with Gasteiger partial charge in [-0.25, -0.2) is 4.98 Å². The van der Waals surface area contributed by atoms with Crippen LogP contribution in [0, 0.1) is 6.92 Å². The number of nitrogens with one attached hydrogen (secondary N) is 1. The van der Waals surface area contributed by atoms with E-state index >= 15 is 0 Å². The Bertz CT molecular complexity index is 708. The van der Waals surface area contributed by atoms with E-state index in [-0.39, 0.29) is 5.91 Å². The van der Waals surface area contributed by atoms with Gasteiger partial charge in [0, 0.05) is 30.6 Å². The van der Waals surface area contributed by atoms with Crippen LogP contribution in [0.2, 0.25) is 0 Å². The van der Waals surface area contributed by atoms with Crippen molar-refractivity contribution in [3.05, 3.63) is 29.0 Å². The first-order valence-corrected chi connectivity index (χ1v) is 9.10. The predicted molar refractivity (Wildman–Crippen MR) is 89.4 cm³/mol. The van der Waals surface area contributed by atoms with Crippen LogP contribution in [0.15, 0.2) is 21.9 Å². The van der Waals surface area contributed by atoms with Crippen LogP contribution in [-0.2, 0) is 11.2 Å². The molecular weight excluding hydrogens is 310 g/mol. The third kappa shape index (κ3) is 3.19. The molecule has 2 aliphatic heterocycles. The molecule has 0 spiro atoms. The lowest BCUT2D eigenvalue weighted by Gasteiger charge is -2.24. The van der Waals surface area contributed by atoms with Gasteiger partial charge in [-0.3, -0.25) is 4.79 Å². The second-order valence-corrected chi connectivity index (χ2v) is 7.36. The van der Waals surface area contributed by atoms with Crippen molar-refractivity contribution >= 4 is 17.2 Å². The molecule has 2 atom stereocenters. The van der Waals surface area contributed by atoms with Crippen LogP contribution in [0.25, 0.3) is 10.8 Å². The third-order valence-electron chi connectivity index (χ3n) is 4.71. The van der Waals surface area contributed by atoms with Crippen molar-refractivity contribution in [2.45, 2.75) is 44.7 Å². The minimum Gasteiger partial charge on any atom is -0.459 e. The van der Waals surface area contributed by atoms with Crippen LogP contribution in [-0.4, -0.2) is 41.0 Å². The molecule has 4 heterocycles. The van der Waals surface area contributed by atoms with E-state index < -0.39 is 0 Å². The van der Waals surface area contributed by atoms with E-state index in [9.17, 15) is 4.79 Å². The molecule has 2 saturated heterocycles. The molecule has 0 saturated carbocycles. The number of nitrogens with zero attached hydrogens (tertiary/aromatic N) is 2. The predicted octanol–water partition coefficient (Wildman–Crippen LogP) is 2.61. The fourth-order valence-corrected chi connectivity index (χ4v) is 4.27. The van der Waals surface area contributed by atoms with Gasteiger partial charge in [-0.1, -0.05) is 0 Å². The number of hydrogen-bond acceptors (Lipinski definition) is 5. The quantitative estimate of drug-likeness (QED) is 0.939. The van der Waals surface area contributed by atoms with Gasteiger partial charge in [-0.2, -0.15) is 0 Å². The van der Waals surface area contributed by atoms with E-state index in [4.69, 9.17) is 4.42 Å². The lowest BCUT2D eigenvalue weighted by atomic mass is 10.1. The molecule has 6 heteroatoms. The molecule has 0 aromatic carbocycles. The highest BCUT2D eigenvalue weighted by atomic mass is 32.1. The minimum absolute atomic E-state index is 0.187. The van der Waals surface area contributed by atoms with E-state index in [2.05, 4.69) is 10.3 Å². The monoisotopic (exact) mass is 331 g/mol. The number of aromatic nitrogens is 1. The molecule has 2 fully saturated rings. The lowest BCUT2D eigenvalue weighted by Crippen LogP contribution is -2.39. The summed E-state index contributed by atoms with van der Waals surface area (Å²) in [6.45, 7) is 3.62. The number of furan rings is 1. The van der Waals surface area contributed by atoms with E-state index in [1.165, 1.54) is 24.2 Å². The molecule has 4 rings (SSSR count). The van der Waals surface area contributed by atoms with Gasteiger partial charge in [-0.05, 0) is 38.3 Å². The van der Waals surface area contributed by atoms with Crippen molar-refractivity contribution in [3.8, 4) is 10.8 Å². The van der Waals surface area contributed by atoms with Gasteiger partial charge in [0.2, 0.25) is 5.91 Å². The molecule has 2 unspecified atom stereocenters. The second-order valence-electron chi connectivity index (χ2n) is 6.50. The first kappa shape index (κ1) is 14.9. The number of rotatable bonds is 3. The molecule has 2 aromatic heterocycles. The van der Waals surface area contributed by atoms with E-state index in [1.807, 2.05) is 29.3 Å². The van der Waals surface area contributed by atoms with Crippen molar-refractivity contribution < 1.29 is 9.21 Å². The summed E-state index contributed by atoms with van der Waals surface area (Å²) in [4.78, 5) is 19.2. The van der Waals surface area contributed by atoms with Crippen LogP contribution < -0.4 is 5.32 Å². The Kier molecular flexibility index (Phi) is 3.95. The smallest absolute Gasteiger partial charge is 0.228 e. The number of carbonyl (C=O) groups excluding carboxylic acids is 1. The zero-order valence-electron chi connectivity index (χ0n) is 13.2. The van der Waals surface area contributed by atoms with Crippen molar-refractivity contribution in [2.24, 2.45) is 0 Å². The van der Waals surface area contributed by atoms with Crippen LogP contribution in [0.1, 0.15) is 30.7 Å². The van der Waals surface area contributed by atoms with Crippen LogP contribution >= 0.6 is 11.3 Å². The Labute approximate surface area is 139 Å². The van der Waals surface area contributed by atoms with Gasteiger partial charge >= 0.3 is 0 Å². The second kappa shape index (κ2) is 6.09. The van der Waals surface area contributed by atoms with Gasteiger partial charge < -0.3 is 14.6 Å². The number of carbonyl (C=O) groups is 1. The molecule has 0 radical (unpaired) electrons. The Morgan fingerprint density at radius 3 is 3.09 bits per heavy atom. The molecule has 1 N–H and O–H groups in total. The number of likely N-dealkylation sites (tertiary alicyclic amines) is 1. The fraction of sp³-hybridized carbons (Fsp3) is 0.529. The molecule has 1 amide bonds. The maximum absolute atomic E-state index is 12.6. The van der Waals surface area contributed by atoms with Gasteiger partial charge in [0.05, 0.1) is 12.1 Å². The zero-order chi connectivity index (χ0) is 15.8. The summed E-state index contributed by atoms with van der Waals surface area (Å²) in [7, 11) is 0. The van der Waals surface area contributed by atoms with Crippen molar-refractivity contribution in [3.63, 3.8) is 0 Å². The summed E-state index contributed by atoms with van der Waals surface area (Å²) in [6.07, 6.45) is 3.89. The van der Waals surface area contributed by atoms with E-state index in [1.54, 1.807) is 0 Å². The van der Waals surface area contributed by atoms with Crippen molar-refractivity contribution in [2.75, 3.05) is 13.1 Å². The number of fused-ring (bicyclic) bond motifs is 2. The average Bonchev–Trinajstić information content (AvgIpc) is 3.20. The Morgan fingerprint density at radius 1 is 1.39 bits per heavy atom. The van der Waals surface area contributed by atoms with Gasteiger partial charge in [0.1, 0.15) is 5.76 Å². The highest BCUT2D eigenvalue weighted by Crippen LogP contribution is 2.26. The first-order valence-electron chi connectivity index (χ1n) is 8.22. The van der Waals surface area contributed by atoms with E-state index in [0.29, 0.717) is 18.5 Å². The Morgan fingerprint density at radius 2 is 2.26 bits per heavy atom. The van der Waals surface area contributed by atoms with Gasteiger partial charge in [-0.15, -0.1) is 11.3 Å². The van der Waals surface area contributed by atoms with E-state index in [0.717, 1.165) is 41.7 Å². The number of hydrogen-bond donors (Lipinski definition) is 1. The summed E-state index contributed by atoms with van der Waals surface area (Å²) in [5.41, 5.74) is 0.839. The summed E-state index contributed by atoms with van der Waals surface area (Å²) in [5, 5.41) is 6.42. The molecule has 2 aromatic rings. The van der Waals surface area contributed by atoms with Crippen molar-refractivity contribution in [1.82, 2.24) is 15.2 Å². The normalized spacial score (nSPS) is 24.0. The Balaban J connectivity index is 1.41. The Hall–Kier alpha value is -1.66. The molecule has 122 valence electrons. The summed E-state index contributed by atoms with van der Waals surface area (Å²) >= 11 is 1.53. The third-order valence-corrected chi connectivity index (χ3v) is 5.62. The summed E-state index contributed by atoms with van der Waals surface area (Å²) < 4.78 is 5.60. The minimum atomic E-state index is 0.187. The average molecular weight is 331 g/mol. The van der Waals surface area contributed by atoms with Gasteiger partial charge in [0.25, 0.3) is 0 Å². The number of thiazole rings is 1. The van der Waals surface area contributed by atoms with Crippen LogP contribution in [0.5, 0.6) is 0 Å². The molecule has 0 aliphatic carbocycles. The fourth-order valence-electron chi connectivity index (χ4n) is 3.49. The summed E-state index contributed by atoms with van der Waals surface area (Å²) in [6, 6.07) is 4.94. The highest BCUT2D eigenvalue weighted by Gasteiger charge is 2.31. The van der Waals surface area contributed by atoms with Gasteiger partial charge in [0.15, 0.2) is 10.8 Å².